The van der Waals surface area contributed by atoms with Crippen LogP contribution in [-0.2, 0) is 14.3 Å². The minimum absolute atomic E-state index is 0.121. The van der Waals surface area contributed by atoms with Crippen LogP contribution in [0.4, 0.5) is 0 Å². The molecule has 96 valence electrons. The van der Waals surface area contributed by atoms with Gasteiger partial charge in [-0.2, -0.15) is 0 Å². The molecule has 0 aliphatic heterocycles. The molecule has 0 fully saturated rings. The van der Waals surface area contributed by atoms with Gasteiger partial charge in [0.25, 0.3) is 0 Å². The monoisotopic (exact) mass is 232 g/mol. The smallest absolute Gasteiger partial charge is 0.239 e. The molecule has 5 heteroatoms. The number of hydrogen-bond donors (Lipinski definition) is 2. The number of nitrogens with one attached hydrogen (secondary N) is 1. The van der Waals surface area contributed by atoms with Crippen molar-refractivity contribution in [1.29, 1.82) is 0 Å². The highest BCUT2D eigenvalue weighted by Crippen LogP contribution is 2.07. The van der Waals surface area contributed by atoms with Crippen LogP contribution < -0.4 is 11.1 Å². The summed E-state index contributed by atoms with van der Waals surface area (Å²) in [5.74, 6) is -0.121. The van der Waals surface area contributed by atoms with Crippen LogP contribution in [0.5, 0.6) is 0 Å². The van der Waals surface area contributed by atoms with Crippen molar-refractivity contribution in [2.75, 3.05) is 33.5 Å². The molecule has 0 aliphatic carbocycles. The van der Waals surface area contributed by atoms with Gasteiger partial charge in [-0.1, -0.05) is 13.3 Å². The van der Waals surface area contributed by atoms with Crippen molar-refractivity contribution in [2.45, 2.75) is 32.2 Å². The molecular weight excluding hydrogens is 208 g/mol. The first-order chi connectivity index (χ1) is 7.54. The molecule has 0 saturated carbocycles. The van der Waals surface area contributed by atoms with Gasteiger partial charge in [0.1, 0.15) is 0 Å². The summed E-state index contributed by atoms with van der Waals surface area (Å²) < 4.78 is 10.0. The summed E-state index contributed by atoms with van der Waals surface area (Å²) in [5, 5.41) is 2.75. The van der Waals surface area contributed by atoms with Gasteiger partial charge in [-0.05, 0) is 13.3 Å². The van der Waals surface area contributed by atoms with E-state index in [0.717, 1.165) is 6.42 Å². The van der Waals surface area contributed by atoms with Crippen molar-refractivity contribution in [2.24, 2.45) is 5.73 Å². The van der Waals surface area contributed by atoms with E-state index in [-0.39, 0.29) is 5.91 Å². The second kappa shape index (κ2) is 8.50. The number of methoxy groups -OCH3 is 1. The first kappa shape index (κ1) is 15.3. The zero-order chi connectivity index (χ0) is 12.4. The molecule has 0 aromatic carbocycles. The molecule has 0 saturated heterocycles. The third-order valence-electron chi connectivity index (χ3n) is 2.25. The lowest BCUT2D eigenvalue weighted by Crippen LogP contribution is -2.52. The molecule has 5 nitrogen and oxygen atoms in total. The van der Waals surface area contributed by atoms with Gasteiger partial charge in [0.05, 0.1) is 25.4 Å². The molecule has 0 aromatic rings. The molecule has 1 amide bonds. The van der Waals surface area contributed by atoms with Crippen LogP contribution in [0.2, 0.25) is 0 Å². The summed E-state index contributed by atoms with van der Waals surface area (Å²) in [4.78, 5) is 11.6. The highest BCUT2D eigenvalue weighted by atomic mass is 16.5. The van der Waals surface area contributed by atoms with Crippen LogP contribution in [0.25, 0.3) is 0 Å². The van der Waals surface area contributed by atoms with Crippen molar-refractivity contribution in [3.63, 3.8) is 0 Å². The molecule has 1 unspecified atom stereocenters. The minimum atomic E-state index is -0.777. The van der Waals surface area contributed by atoms with E-state index in [4.69, 9.17) is 15.2 Å². The first-order valence-corrected chi connectivity index (χ1v) is 5.68. The van der Waals surface area contributed by atoms with Crippen molar-refractivity contribution >= 4 is 5.91 Å². The van der Waals surface area contributed by atoms with E-state index in [1.54, 1.807) is 14.0 Å². The molecule has 0 aliphatic rings. The number of hydrogen-bond acceptors (Lipinski definition) is 4. The largest absolute Gasteiger partial charge is 0.382 e. The Morgan fingerprint density at radius 3 is 2.62 bits per heavy atom. The molecule has 3 N–H and O–H groups in total. The molecule has 1 atom stereocenters. The maximum atomic E-state index is 11.6. The van der Waals surface area contributed by atoms with Gasteiger partial charge in [-0.25, -0.2) is 0 Å². The highest BCUT2D eigenvalue weighted by Gasteiger charge is 2.26. The SMILES string of the molecule is CCCC(C)(N)C(=O)NCCOCCOC. The Bertz CT molecular complexity index is 196. The average molecular weight is 232 g/mol. The van der Waals surface area contributed by atoms with E-state index >= 15 is 0 Å². The molecule has 0 aromatic heterocycles. The Labute approximate surface area is 97.7 Å². The fourth-order valence-corrected chi connectivity index (χ4v) is 1.32. The number of ether oxygens (including phenoxy) is 2. The van der Waals surface area contributed by atoms with Gasteiger partial charge >= 0.3 is 0 Å². The topological polar surface area (TPSA) is 73.6 Å². The van der Waals surface area contributed by atoms with Crippen LogP contribution in [0.3, 0.4) is 0 Å². The van der Waals surface area contributed by atoms with Crippen LogP contribution in [0.1, 0.15) is 26.7 Å². The van der Waals surface area contributed by atoms with Gasteiger partial charge in [0.15, 0.2) is 0 Å². The predicted molar refractivity (Wildman–Crippen MR) is 63.2 cm³/mol. The lowest BCUT2D eigenvalue weighted by atomic mass is 9.97. The first-order valence-electron chi connectivity index (χ1n) is 5.68. The standard InChI is InChI=1S/C11H24N2O3/c1-4-5-11(2,12)10(14)13-6-7-16-9-8-15-3/h4-9,12H2,1-3H3,(H,13,14). The second-order valence-corrected chi connectivity index (χ2v) is 4.03. The molecule has 0 rings (SSSR count). The zero-order valence-corrected chi connectivity index (χ0v) is 10.5. The molecule has 0 bridgehead atoms. The van der Waals surface area contributed by atoms with E-state index in [9.17, 15) is 4.79 Å². The van der Waals surface area contributed by atoms with Crippen LogP contribution in [0, 0.1) is 0 Å². The average Bonchev–Trinajstić information content (AvgIpc) is 2.22. The van der Waals surface area contributed by atoms with Crippen LogP contribution in [0.15, 0.2) is 0 Å². The van der Waals surface area contributed by atoms with Crippen molar-refractivity contribution in [3.8, 4) is 0 Å². The van der Waals surface area contributed by atoms with Crippen LogP contribution in [-0.4, -0.2) is 44.9 Å². The van der Waals surface area contributed by atoms with E-state index < -0.39 is 5.54 Å². The summed E-state index contributed by atoms with van der Waals surface area (Å²) in [7, 11) is 1.62. The zero-order valence-electron chi connectivity index (χ0n) is 10.5. The van der Waals surface area contributed by atoms with Crippen molar-refractivity contribution in [1.82, 2.24) is 5.32 Å². The van der Waals surface area contributed by atoms with Gasteiger partial charge in [0.2, 0.25) is 5.91 Å². The molecule has 0 spiro atoms. The van der Waals surface area contributed by atoms with E-state index in [2.05, 4.69) is 5.32 Å². The highest BCUT2D eigenvalue weighted by molar-refractivity contribution is 5.85. The van der Waals surface area contributed by atoms with Gasteiger partial charge in [0, 0.05) is 13.7 Å². The molecule has 0 heterocycles. The number of amides is 1. The third-order valence-corrected chi connectivity index (χ3v) is 2.25. The van der Waals surface area contributed by atoms with Crippen molar-refractivity contribution in [3.05, 3.63) is 0 Å². The summed E-state index contributed by atoms with van der Waals surface area (Å²) in [6.07, 6.45) is 1.58. The second-order valence-electron chi connectivity index (χ2n) is 4.03. The van der Waals surface area contributed by atoms with E-state index in [1.165, 1.54) is 0 Å². The predicted octanol–water partition coefficient (Wildman–Crippen LogP) is 0.283. The maximum Gasteiger partial charge on any atom is 0.239 e. The number of carbonyl (C=O) groups is 1. The lowest BCUT2D eigenvalue weighted by Gasteiger charge is -2.22. The Kier molecular flexibility index (Phi) is 8.15. The number of nitrogens with two attached hydrogens (primary N) is 1. The number of rotatable bonds is 9. The summed E-state index contributed by atoms with van der Waals surface area (Å²) in [6.45, 7) is 5.83. The Balaban J connectivity index is 3.57. The lowest BCUT2D eigenvalue weighted by molar-refractivity contribution is -0.126. The molecular formula is C11H24N2O3. The van der Waals surface area contributed by atoms with E-state index in [0.29, 0.717) is 32.8 Å². The van der Waals surface area contributed by atoms with Gasteiger partial charge in [-0.3, -0.25) is 4.79 Å². The Morgan fingerprint density at radius 2 is 2.06 bits per heavy atom. The van der Waals surface area contributed by atoms with Crippen molar-refractivity contribution < 1.29 is 14.3 Å². The van der Waals surface area contributed by atoms with Gasteiger partial charge < -0.3 is 20.5 Å². The third kappa shape index (κ3) is 6.76. The Morgan fingerprint density at radius 1 is 1.38 bits per heavy atom. The van der Waals surface area contributed by atoms with Gasteiger partial charge in [-0.15, -0.1) is 0 Å². The van der Waals surface area contributed by atoms with Crippen LogP contribution >= 0.6 is 0 Å². The summed E-state index contributed by atoms with van der Waals surface area (Å²) in [5.41, 5.74) is 5.08. The summed E-state index contributed by atoms with van der Waals surface area (Å²) >= 11 is 0. The fraction of sp³-hybridized carbons (Fsp3) is 0.909. The Hall–Kier alpha value is -0.650. The minimum Gasteiger partial charge on any atom is -0.382 e. The molecule has 16 heavy (non-hydrogen) atoms. The molecule has 0 radical (unpaired) electrons. The quantitative estimate of drug-likeness (QED) is 0.560. The number of carbonyl (C=O) groups excluding carboxylic acids is 1. The normalized spacial score (nSPS) is 14.5. The fourth-order valence-electron chi connectivity index (χ4n) is 1.32. The summed E-state index contributed by atoms with van der Waals surface area (Å²) in [6, 6.07) is 0. The maximum absolute atomic E-state index is 11.6. The van der Waals surface area contributed by atoms with E-state index in [1.807, 2.05) is 6.92 Å².